The van der Waals surface area contributed by atoms with Gasteiger partial charge in [-0.05, 0) is 54.8 Å². The number of alkyl carbamates (subject to hydrolysis) is 1. The van der Waals surface area contributed by atoms with E-state index in [1.165, 1.54) is 52.0 Å². The molecule has 0 spiro atoms. The van der Waals surface area contributed by atoms with E-state index in [9.17, 15) is 59.7 Å². The fraction of sp³-hybridized carbons (Fsp3) is 0.500. The number of benzene rings is 3. The van der Waals surface area contributed by atoms with Gasteiger partial charge in [0.2, 0.25) is 0 Å². The lowest BCUT2D eigenvalue weighted by atomic mass is 9.44. The Balaban J connectivity index is 1.28. The number of esters is 3. The van der Waals surface area contributed by atoms with Crippen LogP contribution in [0.1, 0.15) is 79.8 Å². The summed E-state index contributed by atoms with van der Waals surface area (Å²) in [5.74, 6) is -6.74. The highest BCUT2D eigenvalue weighted by atomic mass is 16.6. The van der Waals surface area contributed by atoms with Gasteiger partial charge < -0.3 is 74.8 Å². The first-order valence-corrected chi connectivity index (χ1v) is 23.8. The second-order valence-electron chi connectivity index (χ2n) is 20.0. The van der Waals surface area contributed by atoms with Crippen LogP contribution in [0.2, 0.25) is 0 Å². The molecule has 8 rings (SSSR count). The van der Waals surface area contributed by atoms with Crippen molar-refractivity contribution in [2.24, 2.45) is 16.7 Å². The molecule has 2 bridgehead atoms. The van der Waals surface area contributed by atoms with E-state index in [4.69, 9.17) is 28.4 Å². The van der Waals surface area contributed by atoms with Crippen LogP contribution < -0.4 is 10.6 Å². The molecule has 2 saturated heterocycles. The minimum Gasteiger partial charge on any atom is -0.456 e. The molecule has 0 radical (unpaired) electrons. The van der Waals surface area contributed by atoms with E-state index >= 15 is 4.79 Å². The van der Waals surface area contributed by atoms with Crippen LogP contribution in [0, 0.1) is 16.7 Å². The number of hydrogen-bond donors (Lipinski definition) is 9. The standard InChI is InChI=1S/C52H60N2O19/c1-25-30(69-47(65)39(60)35(27-15-9-6-10-16-27)53-44(62)28-17-11-7-12-18-28)22-52(67)43(72-45(63)29-19-13-8-14-20-29)41-50(5,32(57)21-33-51(41,24-68-33)73-26(2)56)42(61)40(34(25)49(52,3)4)71-48(66)54-36-38(59)37(58)31(23-55)70-46(36)64/h6-20,30-33,35-41,43,46,55,57-60,64,67H,21-24H2,1-5H3,(H,53,62)(H,54,66)/t30-,31?,32-,33+,35?,36?,37?,38?,39+,40+,41?,43-,46?,50+,51-,52+/m0/s1. The Morgan fingerprint density at radius 3 is 2.01 bits per heavy atom. The maximum Gasteiger partial charge on any atom is 0.408 e. The highest BCUT2D eigenvalue weighted by molar-refractivity contribution is 5.96. The van der Waals surface area contributed by atoms with E-state index in [1.54, 1.807) is 66.7 Å². The van der Waals surface area contributed by atoms with Crippen molar-refractivity contribution in [3.8, 4) is 0 Å². The van der Waals surface area contributed by atoms with Gasteiger partial charge in [-0.25, -0.2) is 14.4 Å². The topological polar surface area (TPSA) is 323 Å². The van der Waals surface area contributed by atoms with Gasteiger partial charge in [-0.1, -0.05) is 80.6 Å². The molecule has 2 aliphatic heterocycles. The Bertz CT molecular complexity index is 2620. The van der Waals surface area contributed by atoms with E-state index in [-0.39, 0.29) is 28.7 Å². The molecule has 392 valence electrons. The van der Waals surface area contributed by atoms with Crippen molar-refractivity contribution in [1.29, 1.82) is 0 Å². The van der Waals surface area contributed by atoms with Gasteiger partial charge in [0.05, 0.1) is 42.3 Å². The molecule has 2 saturated carbocycles. The van der Waals surface area contributed by atoms with Gasteiger partial charge >= 0.3 is 24.0 Å². The van der Waals surface area contributed by atoms with Crippen LogP contribution in [0.15, 0.2) is 102 Å². The van der Waals surface area contributed by atoms with Crippen molar-refractivity contribution in [1.82, 2.24) is 10.6 Å². The molecule has 7 unspecified atom stereocenters. The zero-order valence-electron chi connectivity index (χ0n) is 40.5. The normalized spacial score (nSPS) is 35.2. The van der Waals surface area contributed by atoms with Crippen LogP contribution in [0.5, 0.6) is 0 Å². The predicted octanol–water partition coefficient (Wildman–Crippen LogP) is 0.699. The fourth-order valence-electron chi connectivity index (χ4n) is 11.5. The van der Waals surface area contributed by atoms with Gasteiger partial charge in [-0.15, -0.1) is 0 Å². The summed E-state index contributed by atoms with van der Waals surface area (Å²) in [6.07, 6.45) is -20.8. The summed E-state index contributed by atoms with van der Waals surface area (Å²) < 4.78 is 35.8. The molecule has 3 aromatic rings. The Morgan fingerprint density at radius 2 is 1.44 bits per heavy atom. The van der Waals surface area contributed by atoms with Gasteiger partial charge in [0.25, 0.3) is 5.91 Å². The molecule has 5 aliphatic rings. The Kier molecular flexibility index (Phi) is 14.8. The minimum absolute atomic E-state index is 0.0129. The van der Waals surface area contributed by atoms with Gasteiger partial charge in [-0.2, -0.15) is 0 Å². The number of hydrogen-bond acceptors (Lipinski definition) is 19. The second-order valence-corrected chi connectivity index (χ2v) is 20.0. The third-order valence-electron chi connectivity index (χ3n) is 15.6. The van der Waals surface area contributed by atoms with E-state index in [1.807, 2.05) is 0 Å². The third-order valence-corrected chi connectivity index (χ3v) is 15.6. The lowest BCUT2D eigenvalue weighted by molar-refractivity contribution is -0.345. The first-order valence-electron chi connectivity index (χ1n) is 23.8. The molecule has 16 atom stereocenters. The van der Waals surface area contributed by atoms with Crippen LogP contribution in [-0.2, 0) is 42.8 Å². The van der Waals surface area contributed by atoms with Crippen LogP contribution >= 0.6 is 0 Å². The zero-order valence-corrected chi connectivity index (χ0v) is 40.5. The largest absolute Gasteiger partial charge is 0.456 e. The minimum atomic E-state index is -2.59. The van der Waals surface area contributed by atoms with Gasteiger partial charge in [0.15, 0.2) is 29.9 Å². The Morgan fingerprint density at radius 1 is 0.836 bits per heavy atom. The number of aliphatic hydroxyl groups excluding tert-OH is 6. The first kappa shape index (κ1) is 53.2. The number of ketones is 1. The Hall–Kier alpha value is -6.14. The summed E-state index contributed by atoms with van der Waals surface area (Å²) in [4.78, 5) is 86.1. The number of Topliss-reactive ketones (excluding diaryl/α,β-unsaturated/α-hetero) is 1. The SMILES string of the molecule is CC(=O)O[C@@]12CO[C@@H]1C[C@H](O)[C@@]1(C)C(=O)[C@H](OC(=O)NC3C(O)OC(CO)C(O)C3O)C3=C(C)[C@@H](OC(=O)[C@H](O)C(NC(=O)c4ccccc4)c4ccccc4)C[C@@](O)([C@@H](OC(=O)c4ccccc4)C12)C3(C)C. The number of nitrogens with one attached hydrogen (secondary N) is 2. The molecule has 0 aromatic heterocycles. The summed E-state index contributed by atoms with van der Waals surface area (Å²) in [5.41, 5.74) is -8.52. The second kappa shape index (κ2) is 20.3. The van der Waals surface area contributed by atoms with E-state index < -0.39 is 157 Å². The monoisotopic (exact) mass is 1020 g/mol. The predicted molar refractivity (Wildman–Crippen MR) is 249 cm³/mol. The van der Waals surface area contributed by atoms with Crippen LogP contribution in [0.4, 0.5) is 4.79 Å². The summed E-state index contributed by atoms with van der Waals surface area (Å²) >= 11 is 0. The molecule has 4 fully saturated rings. The molecular formula is C52H60N2O19. The molecule has 2 amide bonds. The van der Waals surface area contributed by atoms with Crippen molar-refractivity contribution in [3.63, 3.8) is 0 Å². The van der Waals surface area contributed by atoms with Gasteiger partial charge in [-0.3, -0.25) is 14.4 Å². The number of ether oxygens (including phenoxy) is 6. The molecule has 3 aliphatic carbocycles. The number of carbonyl (C=O) groups is 6. The molecule has 2 heterocycles. The molecule has 21 heteroatoms. The highest BCUT2D eigenvalue weighted by Gasteiger charge is 2.78. The summed E-state index contributed by atoms with van der Waals surface area (Å²) in [6.45, 7) is 5.40. The first-order chi connectivity index (χ1) is 34.5. The van der Waals surface area contributed by atoms with Crippen LogP contribution in [0.3, 0.4) is 0 Å². The molecular weight excluding hydrogens is 957 g/mol. The number of amides is 2. The van der Waals surface area contributed by atoms with Crippen molar-refractivity contribution in [3.05, 3.63) is 119 Å². The average molecular weight is 1020 g/mol. The van der Waals surface area contributed by atoms with Crippen molar-refractivity contribution < 1.29 is 92.9 Å². The number of rotatable bonds is 12. The highest BCUT2D eigenvalue weighted by Crippen LogP contribution is 2.64. The fourth-order valence-corrected chi connectivity index (χ4v) is 11.5. The van der Waals surface area contributed by atoms with E-state index in [0.29, 0.717) is 5.56 Å². The smallest absolute Gasteiger partial charge is 0.408 e. The van der Waals surface area contributed by atoms with E-state index in [2.05, 4.69) is 10.6 Å². The molecule has 73 heavy (non-hydrogen) atoms. The van der Waals surface area contributed by atoms with Gasteiger partial charge in [0.1, 0.15) is 48.3 Å². The third kappa shape index (κ3) is 9.20. The van der Waals surface area contributed by atoms with Crippen molar-refractivity contribution in [2.75, 3.05) is 13.2 Å². The van der Waals surface area contributed by atoms with Crippen LogP contribution in [0.25, 0.3) is 0 Å². The number of fused-ring (bicyclic) bond motifs is 5. The van der Waals surface area contributed by atoms with Crippen LogP contribution in [-0.4, -0.2) is 163 Å². The lowest BCUT2D eigenvalue weighted by Crippen LogP contribution is -2.82. The molecule has 3 aromatic carbocycles. The summed E-state index contributed by atoms with van der Waals surface area (Å²) in [7, 11) is 0. The summed E-state index contributed by atoms with van der Waals surface area (Å²) in [5, 5.41) is 85.1. The lowest BCUT2D eigenvalue weighted by Gasteiger charge is -2.67. The molecule has 9 N–H and O–H groups in total. The number of aliphatic hydroxyl groups is 7. The summed E-state index contributed by atoms with van der Waals surface area (Å²) in [6, 6.07) is 20.3. The van der Waals surface area contributed by atoms with Crippen molar-refractivity contribution in [2.45, 2.75) is 132 Å². The molecule has 21 nitrogen and oxygen atoms in total. The maximum atomic E-state index is 16.0. The zero-order chi connectivity index (χ0) is 52.9. The number of carbonyl (C=O) groups excluding carboxylic acids is 6. The quantitative estimate of drug-likeness (QED) is 0.0685. The van der Waals surface area contributed by atoms with Crippen molar-refractivity contribution >= 4 is 35.7 Å². The van der Waals surface area contributed by atoms with Gasteiger partial charge in [0, 0.05) is 30.7 Å². The van der Waals surface area contributed by atoms with E-state index in [0.717, 1.165) is 6.92 Å². The average Bonchev–Trinajstić information content (AvgIpc) is 3.36. The maximum absolute atomic E-state index is 16.0. The Labute approximate surface area is 419 Å².